The maximum absolute atomic E-state index is 10.9. The maximum atomic E-state index is 10.9. The molecule has 0 heterocycles. The lowest BCUT2D eigenvalue weighted by atomic mass is 10.1. The number of carboxylic acid groups (broad SMARTS) is 1. The second-order valence-corrected chi connectivity index (χ2v) is 5.74. The number of hydrogen-bond donors (Lipinski definition) is 1. The minimum atomic E-state index is -0.933. The highest BCUT2D eigenvalue weighted by molar-refractivity contribution is 9.10. The van der Waals surface area contributed by atoms with Crippen LogP contribution in [0.4, 0.5) is 5.69 Å². The second-order valence-electron chi connectivity index (χ2n) is 4.45. The van der Waals surface area contributed by atoms with E-state index >= 15 is 0 Å². The maximum Gasteiger partial charge on any atom is 0.335 e. The molecule has 0 radical (unpaired) electrons. The molecule has 5 heteroatoms. The molecule has 0 saturated heterocycles. The lowest BCUT2D eigenvalue weighted by Crippen LogP contribution is -2.17. The van der Waals surface area contributed by atoms with Crippen molar-refractivity contribution in [3.8, 4) is 0 Å². The molecule has 2 aromatic rings. The van der Waals surface area contributed by atoms with Gasteiger partial charge in [0.1, 0.15) is 0 Å². The van der Waals surface area contributed by atoms with Crippen molar-refractivity contribution >= 4 is 39.2 Å². The number of rotatable bonds is 4. The quantitative estimate of drug-likeness (QED) is 0.882. The van der Waals surface area contributed by atoms with E-state index in [1.807, 2.05) is 36.2 Å². The third-order valence-corrected chi connectivity index (χ3v) is 3.83. The molecule has 0 bridgehead atoms. The van der Waals surface area contributed by atoms with E-state index in [0.29, 0.717) is 11.6 Å². The fraction of sp³-hybridized carbons (Fsp3) is 0.133. The first kappa shape index (κ1) is 14.9. The molecule has 2 aromatic carbocycles. The van der Waals surface area contributed by atoms with Gasteiger partial charge in [0.05, 0.1) is 11.3 Å². The second kappa shape index (κ2) is 6.29. The molecule has 1 N–H and O–H groups in total. The van der Waals surface area contributed by atoms with Crippen LogP contribution in [0, 0.1) is 0 Å². The van der Waals surface area contributed by atoms with Gasteiger partial charge in [-0.05, 0) is 51.8 Å². The van der Waals surface area contributed by atoms with Gasteiger partial charge in [0, 0.05) is 23.1 Å². The molecule has 104 valence electrons. The molecule has 0 atom stereocenters. The highest BCUT2D eigenvalue weighted by Gasteiger charge is 2.10. The first-order chi connectivity index (χ1) is 9.47. The lowest BCUT2D eigenvalue weighted by Gasteiger charge is -2.21. The third kappa shape index (κ3) is 3.52. The summed E-state index contributed by atoms with van der Waals surface area (Å²) in [7, 11) is 1.95. The molecule has 0 spiro atoms. The van der Waals surface area contributed by atoms with Crippen LogP contribution in [0.2, 0.25) is 5.02 Å². The van der Waals surface area contributed by atoms with Gasteiger partial charge in [-0.25, -0.2) is 4.79 Å². The van der Waals surface area contributed by atoms with Crippen molar-refractivity contribution in [1.82, 2.24) is 0 Å². The highest BCUT2D eigenvalue weighted by Crippen LogP contribution is 2.27. The molecule has 0 saturated carbocycles. The molecule has 0 aliphatic rings. The topological polar surface area (TPSA) is 40.5 Å². The summed E-state index contributed by atoms with van der Waals surface area (Å²) in [6.07, 6.45) is 0. The Kier molecular flexibility index (Phi) is 4.68. The van der Waals surface area contributed by atoms with Crippen LogP contribution in [0.15, 0.2) is 46.9 Å². The van der Waals surface area contributed by atoms with Crippen LogP contribution in [-0.4, -0.2) is 18.1 Å². The van der Waals surface area contributed by atoms with Crippen LogP contribution in [-0.2, 0) is 6.54 Å². The number of aromatic carboxylic acids is 1. The van der Waals surface area contributed by atoms with E-state index in [1.165, 1.54) is 0 Å². The summed E-state index contributed by atoms with van der Waals surface area (Å²) in [4.78, 5) is 13.0. The minimum absolute atomic E-state index is 0.264. The number of nitrogens with zero attached hydrogens (tertiary/aromatic N) is 1. The van der Waals surface area contributed by atoms with Gasteiger partial charge >= 0.3 is 5.97 Å². The average Bonchev–Trinajstić information content (AvgIpc) is 2.41. The van der Waals surface area contributed by atoms with Gasteiger partial charge in [-0.2, -0.15) is 0 Å². The standard InChI is InChI=1S/C15H13BrClNO2/c1-18(9-10-2-5-12(17)6-3-10)14-7-4-11(15(19)20)8-13(14)16/h2-8H,9H2,1H3,(H,19,20). The van der Waals surface area contributed by atoms with Crippen LogP contribution in [0.3, 0.4) is 0 Å². The third-order valence-electron chi connectivity index (χ3n) is 2.94. The van der Waals surface area contributed by atoms with Crippen LogP contribution in [0.1, 0.15) is 15.9 Å². The molecule has 0 fully saturated rings. The van der Waals surface area contributed by atoms with E-state index in [4.69, 9.17) is 16.7 Å². The van der Waals surface area contributed by atoms with Crippen molar-refractivity contribution in [2.45, 2.75) is 6.54 Å². The Labute approximate surface area is 130 Å². The normalized spacial score (nSPS) is 10.3. The zero-order chi connectivity index (χ0) is 14.7. The Balaban J connectivity index is 2.18. The van der Waals surface area contributed by atoms with E-state index < -0.39 is 5.97 Å². The number of benzene rings is 2. The monoisotopic (exact) mass is 353 g/mol. The van der Waals surface area contributed by atoms with Gasteiger partial charge in [0.25, 0.3) is 0 Å². The summed E-state index contributed by atoms with van der Waals surface area (Å²) >= 11 is 9.28. The Bertz CT molecular complexity index is 628. The van der Waals surface area contributed by atoms with Crippen molar-refractivity contribution in [3.05, 3.63) is 63.1 Å². The summed E-state index contributed by atoms with van der Waals surface area (Å²) < 4.78 is 0.758. The molecule has 0 amide bonds. The molecule has 20 heavy (non-hydrogen) atoms. The molecular formula is C15H13BrClNO2. The van der Waals surface area contributed by atoms with Crippen molar-refractivity contribution in [1.29, 1.82) is 0 Å². The Morgan fingerprint density at radius 3 is 2.45 bits per heavy atom. The largest absolute Gasteiger partial charge is 0.478 e. The number of hydrogen-bond acceptors (Lipinski definition) is 2. The Morgan fingerprint density at radius 1 is 1.25 bits per heavy atom. The van der Waals surface area contributed by atoms with Gasteiger partial charge in [-0.3, -0.25) is 0 Å². The van der Waals surface area contributed by atoms with E-state index in [-0.39, 0.29) is 5.56 Å². The summed E-state index contributed by atoms with van der Waals surface area (Å²) in [5.41, 5.74) is 2.33. The minimum Gasteiger partial charge on any atom is -0.478 e. The van der Waals surface area contributed by atoms with Crippen molar-refractivity contribution < 1.29 is 9.90 Å². The van der Waals surface area contributed by atoms with E-state index in [1.54, 1.807) is 18.2 Å². The number of anilines is 1. The predicted octanol–water partition coefficient (Wildman–Crippen LogP) is 4.44. The summed E-state index contributed by atoms with van der Waals surface area (Å²) in [6.45, 7) is 0.711. The summed E-state index contributed by atoms with van der Waals surface area (Å²) in [5, 5.41) is 9.66. The van der Waals surface area contributed by atoms with Crippen LogP contribution >= 0.6 is 27.5 Å². The highest BCUT2D eigenvalue weighted by atomic mass is 79.9. The van der Waals surface area contributed by atoms with Gasteiger partial charge in [-0.15, -0.1) is 0 Å². The predicted molar refractivity (Wildman–Crippen MR) is 84.7 cm³/mol. The van der Waals surface area contributed by atoms with Crippen molar-refractivity contribution in [2.75, 3.05) is 11.9 Å². The smallest absolute Gasteiger partial charge is 0.335 e. The molecule has 0 aliphatic heterocycles. The van der Waals surface area contributed by atoms with Gasteiger partial charge in [0.2, 0.25) is 0 Å². The molecule has 0 aromatic heterocycles. The van der Waals surface area contributed by atoms with E-state index in [0.717, 1.165) is 15.7 Å². The van der Waals surface area contributed by atoms with Crippen LogP contribution < -0.4 is 4.90 Å². The summed E-state index contributed by atoms with van der Waals surface area (Å²) in [5.74, 6) is -0.933. The average molecular weight is 355 g/mol. The molecule has 3 nitrogen and oxygen atoms in total. The van der Waals surface area contributed by atoms with Gasteiger partial charge in [0.15, 0.2) is 0 Å². The van der Waals surface area contributed by atoms with Gasteiger partial charge in [-0.1, -0.05) is 23.7 Å². The van der Waals surface area contributed by atoms with Crippen LogP contribution in [0.5, 0.6) is 0 Å². The fourth-order valence-corrected chi connectivity index (χ4v) is 2.71. The lowest BCUT2D eigenvalue weighted by molar-refractivity contribution is 0.0697. The van der Waals surface area contributed by atoms with Crippen LogP contribution in [0.25, 0.3) is 0 Å². The zero-order valence-electron chi connectivity index (χ0n) is 10.8. The first-order valence-electron chi connectivity index (χ1n) is 5.96. The first-order valence-corrected chi connectivity index (χ1v) is 7.13. The molecule has 0 unspecified atom stereocenters. The molecule has 2 rings (SSSR count). The molecular weight excluding hydrogens is 342 g/mol. The van der Waals surface area contributed by atoms with Gasteiger partial charge < -0.3 is 10.0 Å². The van der Waals surface area contributed by atoms with E-state index in [9.17, 15) is 4.79 Å². The fourth-order valence-electron chi connectivity index (χ4n) is 1.90. The number of halogens is 2. The number of carbonyl (C=O) groups is 1. The number of carboxylic acids is 1. The SMILES string of the molecule is CN(Cc1ccc(Cl)cc1)c1ccc(C(=O)O)cc1Br. The molecule has 0 aliphatic carbocycles. The summed E-state index contributed by atoms with van der Waals surface area (Å²) in [6, 6.07) is 12.7. The van der Waals surface area contributed by atoms with E-state index in [2.05, 4.69) is 15.9 Å². The van der Waals surface area contributed by atoms with Crippen molar-refractivity contribution in [3.63, 3.8) is 0 Å². The Morgan fingerprint density at radius 2 is 1.90 bits per heavy atom. The van der Waals surface area contributed by atoms with Crippen molar-refractivity contribution in [2.24, 2.45) is 0 Å². The zero-order valence-corrected chi connectivity index (χ0v) is 13.1. The Hall–Kier alpha value is -1.52.